The van der Waals surface area contributed by atoms with Gasteiger partial charge in [0, 0.05) is 17.7 Å². The monoisotopic (exact) mass is 314 g/mol. The molecular formula is C14H19BrO3. The standard InChI is InChI=1S/C14H19BrO3/c15-3-1-2-12(16)18-14-10-5-8-4-9(7-10)13(17)11(14)6-8/h8-11,14H,1-7H2. The van der Waals surface area contributed by atoms with Crippen LogP contribution in [0.3, 0.4) is 0 Å². The molecule has 4 aliphatic carbocycles. The number of hydrogen-bond acceptors (Lipinski definition) is 3. The molecule has 0 saturated heterocycles. The molecule has 0 aromatic rings. The lowest BCUT2D eigenvalue weighted by Gasteiger charge is -2.52. The van der Waals surface area contributed by atoms with Gasteiger partial charge in [-0.3, -0.25) is 9.59 Å². The highest BCUT2D eigenvalue weighted by molar-refractivity contribution is 9.09. The first-order valence-corrected chi connectivity index (χ1v) is 8.10. The normalized spacial score (nSPS) is 41.2. The minimum Gasteiger partial charge on any atom is -0.461 e. The van der Waals surface area contributed by atoms with Crippen LogP contribution in [0, 0.1) is 23.7 Å². The molecule has 0 aromatic carbocycles. The van der Waals surface area contributed by atoms with Crippen LogP contribution in [0.1, 0.15) is 38.5 Å². The van der Waals surface area contributed by atoms with E-state index in [2.05, 4.69) is 15.9 Å². The van der Waals surface area contributed by atoms with Gasteiger partial charge in [-0.1, -0.05) is 15.9 Å². The second-order valence-corrected chi connectivity index (χ2v) is 6.81. The van der Waals surface area contributed by atoms with Gasteiger partial charge in [0.1, 0.15) is 11.9 Å². The predicted octanol–water partition coefficient (Wildman–Crippen LogP) is 2.71. The lowest BCUT2D eigenvalue weighted by Crippen LogP contribution is -2.55. The maximum Gasteiger partial charge on any atom is 0.306 e. The van der Waals surface area contributed by atoms with Crippen molar-refractivity contribution in [2.24, 2.45) is 23.7 Å². The molecule has 0 N–H and O–H groups in total. The number of esters is 1. The van der Waals surface area contributed by atoms with Gasteiger partial charge in [-0.25, -0.2) is 0 Å². The lowest BCUT2D eigenvalue weighted by molar-refractivity contribution is -0.175. The van der Waals surface area contributed by atoms with E-state index in [1.807, 2.05) is 0 Å². The Hall–Kier alpha value is -0.380. The van der Waals surface area contributed by atoms with Crippen LogP contribution in [0.5, 0.6) is 0 Å². The number of ketones is 1. The minimum atomic E-state index is -0.125. The Labute approximate surface area is 116 Å². The van der Waals surface area contributed by atoms with Crippen molar-refractivity contribution >= 4 is 27.7 Å². The molecule has 4 aliphatic rings. The van der Waals surface area contributed by atoms with Crippen LogP contribution in [0.2, 0.25) is 0 Å². The van der Waals surface area contributed by atoms with Gasteiger partial charge in [-0.15, -0.1) is 0 Å². The summed E-state index contributed by atoms with van der Waals surface area (Å²) in [6, 6.07) is 0. The Balaban J connectivity index is 1.66. The van der Waals surface area contributed by atoms with E-state index in [0.717, 1.165) is 37.4 Å². The molecule has 0 heterocycles. The van der Waals surface area contributed by atoms with Gasteiger partial charge in [0.15, 0.2) is 0 Å². The van der Waals surface area contributed by atoms with Gasteiger partial charge in [-0.2, -0.15) is 0 Å². The topological polar surface area (TPSA) is 43.4 Å². The van der Waals surface area contributed by atoms with Crippen LogP contribution in [0.25, 0.3) is 0 Å². The molecular weight excluding hydrogens is 296 g/mol. The zero-order valence-electron chi connectivity index (χ0n) is 10.4. The van der Waals surface area contributed by atoms with Crippen molar-refractivity contribution in [3.63, 3.8) is 0 Å². The Morgan fingerprint density at radius 3 is 2.89 bits per heavy atom. The van der Waals surface area contributed by atoms with Crippen molar-refractivity contribution in [1.29, 1.82) is 0 Å². The van der Waals surface area contributed by atoms with E-state index in [9.17, 15) is 9.59 Å². The molecule has 0 radical (unpaired) electrons. The van der Waals surface area contributed by atoms with E-state index >= 15 is 0 Å². The SMILES string of the molecule is O=C(CCCBr)OC1C2CC3CC(C2)C(=O)C1C3. The zero-order chi connectivity index (χ0) is 12.7. The van der Waals surface area contributed by atoms with Gasteiger partial charge < -0.3 is 4.74 Å². The van der Waals surface area contributed by atoms with Gasteiger partial charge in [0.2, 0.25) is 0 Å². The summed E-state index contributed by atoms with van der Waals surface area (Å²) in [5.41, 5.74) is 0. The first kappa shape index (κ1) is 12.6. The van der Waals surface area contributed by atoms with Crippen molar-refractivity contribution in [3.8, 4) is 0 Å². The van der Waals surface area contributed by atoms with Crippen LogP contribution in [0.4, 0.5) is 0 Å². The third-order valence-corrected chi connectivity index (χ3v) is 5.40. The molecule has 0 aromatic heterocycles. The number of carbonyl (C=O) groups is 2. The van der Waals surface area contributed by atoms with E-state index in [1.165, 1.54) is 0 Å². The predicted molar refractivity (Wildman–Crippen MR) is 70.3 cm³/mol. The van der Waals surface area contributed by atoms with E-state index < -0.39 is 0 Å². The fraction of sp³-hybridized carbons (Fsp3) is 0.857. The number of hydrogen-bond donors (Lipinski definition) is 0. The van der Waals surface area contributed by atoms with Gasteiger partial charge in [0.25, 0.3) is 0 Å². The largest absolute Gasteiger partial charge is 0.461 e. The molecule has 4 rings (SSSR count). The number of Topliss-reactive ketones (excluding diaryl/α,β-unsaturated/α-hetero) is 1. The van der Waals surface area contributed by atoms with E-state index in [-0.39, 0.29) is 23.9 Å². The smallest absolute Gasteiger partial charge is 0.306 e. The minimum absolute atomic E-state index is 0.0224. The molecule has 100 valence electrons. The quantitative estimate of drug-likeness (QED) is 0.592. The zero-order valence-corrected chi connectivity index (χ0v) is 12.0. The fourth-order valence-corrected chi connectivity index (χ4v) is 4.46. The lowest BCUT2D eigenvalue weighted by atomic mass is 9.54. The first-order valence-electron chi connectivity index (χ1n) is 6.98. The highest BCUT2D eigenvalue weighted by Crippen LogP contribution is 2.52. The second kappa shape index (κ2) is 4.95. The molecule has 18 heavy (non-hydrogen) atoms. The van der Waals surface area contributed by atoms with Crippen LogP contribution in [-0.4, -0.2) is 23.2 Å². The molecule has 4 saturated carbocycles. The van der Waals surface area contributed by atoms with Gasteiger partial charge in [-0.05, 0) is 43.9 Å². The molecule has 5 atom stereocenters. The van der Waals surface area contributed by atoms with Crippen LogP contribution in [0.15, 0.2) is 0 Å². The number of rotatable bonds is 4. The highest BCUT2D eigenvalue weighted by atomic mass is 79.9. The third kappa shape index (κ3) is 2.13. The molecule has 0 amide bonds. The van der Waals surface area contributed by atoms with E-state index in [4.69, 9.17) is 4.74 Å². The highest BCUT2D eigenvalue weighted by Gasteiger charge is 2.54. The Bertz CT molecular complexity index is 368. The van der Waals surface area contributed by atoms with Crippen LogP contribution >= 0.6 is 15.9 Å². The maximum atomic E-state index is 12.2. The summed E-state index contributed by atoms with van der Waals surface area (Å²) in [7, 11) is 0. The first-order chi connectivity index (χ1) is 8.69. The number of halogens is 1. The maximum absolute atomic E-state index is 12.2. The average molecular weight is 315 g/mol. The Morgan fingerprint density at radius 2 is 2.11 bits per heavy atom. The average Bonchev–Trinajstić information content (AvgIpc) is 2.36. The number of carbonyl (C=O) groups excluding carboxylic acids is 2. The molecule has 4 bridgehead atoms. The van der Waals surface area contributed by atoms with Crippen molar-refractivity contribution in [2.75, 3.05) is 5.33 Å². The molecule has 4 fully saturated rings. The third-order valence-electron chi connectivity index (χ3n) is 4.84. The Morgan fingerprint density at radius 1 is 1.28 bits per heavy atom. The fourth-order valence-electron chi connectivity index (χ4n) is 4.18. The van der Waals surface area contributed by atoms with Crippen molar-refractivity contribution in [3.05, 3.63) is 0 Å². The van der Waals surface area contributed by atoms with Gasteiger partial charge in [0.05, 0.1) is 5.92 Å². The molecule has 0 aliphatic heterocycles. The van der Waals surface area contributed by atoms with Crippen LogP contribution < -0.4 is 0 Å². The van der Waals surface area contributed by atoms with Crippen molar-refractivity contribution in [2.45, 2.75) is 44.6 Å². The summed E-state index contributed by atoms with van der Waals surface area (Å²) >= 11 is 3.31. The van der Waals surface area contributed by atoms with Crippen molar-refractivity contribution < 1.29 is 14.3 Å². The molecule has 5 unspecified atom stereocenters. The van der Waals surface area contributed by atoms with Crippen LogP contribution in [-0.2, 0) is 14.3 Å². The van der Waals surface area contributed by atoms with E-state index in [1.54, 1.807) is 0 Å². The number of alkyl halides is 1. The summed E-state index contributed by atoms with van der Waals surface area (Å²) in [4.78, 5) is 23.9. The van der Waals surface area contributed by atoms with E-state index in [0.29, 0.717) is 24.0 Å². The second-order valence-electron chi connectivity index (χ2n) is 6.02. The van der Waals surface area contributed by atoms with Gasteiger partial charge >= 0.3 is 5.97 Å². The summed E-state index contributed by atoms with van der Waals surface area (Å²) < 4.78 is 5.62. The summed E-state index contributed by atoms with van der Waals surface area (Å²) in [5.74, 6) is 1.73. The summed E-state index contributed by atoms with van der Waals surface area (Å²) in [5, 5.41) is 0.822. The Kier molecular flexibility index (Phi) is 3.48. The van der Waals surface area contributed by atoms with Crippen molar-refractivity contribution in [1.82, 2.24) is 0 Å². The molecule has 4 heteroatoms. The summed E-state index contributed by atoms with van der Waals surface area (Å²) in [6.45, 7) is 0. The summed E-state index contributed by atoms with van der Waals surface area (Å²) in [6.07, 6.45) is 5.34. The molecule has 3 nitrogen and oxygen atoms in total. The number of ether oxygens (including phenoxy) is 1. The molecule has 0 spiro atoms.